The fourth-order valence-electron chi connectivity index (χ4n) is 0. The van der Waals surface area contributed by atoms with E-state index in [0.29, 0.717) is 0 Å². The average Bonchev–Trinajstić information content (AvgIpc) is 0.918. The topological polar surface area (TPSA) is 0 Å². The summed E-state index contributed by atoms with van der Waals surface area (Å²) < 4.78 is 19.1. The highest BCUT2D eigenvalue weighted by Crippen LogP contribution is 1.95. The van der Waals surface area contributed by atoms with E-state index < -0.39 is 12.5 Å². The van der Waals surface area contributed by atoms with Gasteiger partial charge in [0.1, 0.15) is 0 Å². The van der Waals surface area contributed by atoms with Crippen LogP contribution in [0.2, 0.25) is 0 Å². The Kier molecular flexibility index (Phi) is 20.8. The van der Waals surface area contributed by atoms with E-state index in [-0.39, 0.29) is 9.90 Å². The Hall–Kier alpha value is 0.640. The third kappa shape index (κ3) is 17.3. The summed E-state index contributed by atoms with van der Waals surface area (Å²) in [7, 11) is 0. The standard InChI is InChI=1S/F2S.H3P/c1-3-2;/h;1H3. The molecule has 0 amide bonds. The second kappa shape index (κ2) is 9.43. The molecule has 0 radical (unpaired) electrons. The largest absolute Gasteiger partial charge is 0.255 e. The molecule has 0 heterocycles. The van der Waals surface area contributed by atoms with Crippen LogP contribution in [-0.2, 0) is 0 Å². The number of halogens is 2. The summed E-state index contributed by atoms with van der Waals surface area (Å²) >= 11 is -1.25. The maximum absolute atomic E-state index is 9.54. The van der Waals surface area contributed by atoms with Crippen molar-refractivity contribution in [1.29, 1.82) is 0 Å². The SMILES string of the molecule is FSF.P. The summed E-state index contributed by atoms with van der Waals surface area (Å²) in [4.78, 5) is 0. The van der Waals surface area contributed by atoms with Gasteiger partial charge >= 0.3 is 0 Å². The van der Waals surface area contributed by atoms with Gasteiger partial charge in [0.25, 0.3) is 12.5 Å². The van der Waals surface area contributed by atoms with Gasteiger partial charge in [0.2, 0.25) is 0 Å². The van der Waals surface area contributed by atoms with Crippen molar-refractivity contribution >= 4 is 22.4 Å². The van der Waals surface area contributed by atoms with E-state index >= 15 is 0 Å². The lowest BCUT2D eigenvalue weighted by molar-refractivity contribution is 0.814. The number of rotatable bonds is 0. The predicted octanol–water partition coefficient (Wildman–Crippen LogP) is 1.55. The molecule has 1 unspecified atom stereocenters. The van der Waals surface area contributed by atoms with Gasteiger partial charge in [0, 0.05) is 0 Å². The van der Waals surface area contributed by atoms with Crippen LogP contribution in [0.25, 0.3) is 0 Å². The highest BCUT2D eigenvalue weighted by Gasteiger charge is 1.49. The van der Waals surface area contributed by atoms with E-state index in [9.17, 15) is 7.77 Å². The van der Waals surface area contributed by atoms with Crippen LogP contribution in [0.1, 0.15) is 0 Å². The third-order valence-electron chi connectivity index (χ3n) is 0. The van der Waals surface area contributed by atoms with Gasteiger partial charge in [-0.3, -0.25) is 0 Å². The molecule has 0 aliphatic rings. The minimum Gasteiger partial charge on any atom is -0.153 e. The summed E-state index contributed by atoms with van der Waals surface area (Å²) in [6.07, 6.45) is 0. The van der Waals surface area contributed by atoms with Crippen molar-refractivity contribution in [2.75, 3.05) is 0 Å². The lowest BCUT2D eigenvalue weighted by atomic mass is 18.8. The number of hydrogen-bond donors (Lipinski definition) is 0. The molecule has 0 aromatic heterocycles. The maximum Gasteiger partial charge on any atom is 0.255 e. The molecule has 0 aromatic carbocycles. The summed E-state index contributed by atoms with van der Waals surface area (Å²) in [5.74, 6) is 0. The van der Waals surface area contributed by atoms with E-state index in [2.05, 4.69) is 0 Å². The smallest absolute Gasteiger partial charge is 0.153 e. The van der Waals surface area contributed by atoms with Crippen LogP contribution in [0.3, 0.4) is 0 Å². The molecule has 0 saturated carbocycles. The second-order valence-electron chi connectivity index (χ2n) is 0.0583. The lowest BCUT2D eigenvalue weighted by Crippen LogP contribution is -0.884. The number of hydrogen-bond acceptors (Lipinski definition) is 1. The minimum atomic E-state index is -1.25. The van der Waals surface area contributed by atoms with Crippen LogP contribution < -0.4 is 0 Å². The summed E-state index contributed by atoms with van der Waals surface area (Å²) in [5, 5.41) is 0. The molecule has 0 aromatic rings. The first-order chi connectivity index (χ1) is 1.41. The van der Waals surface area contributed by atoms with E-state index in [0.717, 1.165) is 0 Å². The van der Waals surface area contributed by atoms with Gasteiger partial charge in [-0.1, -0.05) is 0 Å². The van der Waals surface area contributed by atoms with Crippen molar-refractivity contribution in [1.82, 2.24) is 0 Å². The quantitative estimate of drug-likeness (QED) is 0.420. The molecule has 0 spiro atoms. The summed E-state index contributed by atoms with van der Waals surface area (Å²) in [6, 6.07) is 0. The summed E-state index contributed by atoms with van der Waals surface area (Å²) in [6.45, 7) is 0. The van der Waals surface area contributed by atoms with Crippen molar-refractivity contribution in [2.45, 2.75) is 0 Å². The van der Waals surface area contributed by atoms with Crippen LogP contribution in [0.5, 0.6) is 0 Å². The highest BCUT2D eigenvalue weighted by molar-refractivity contribution is 7.89. The van der Waals surface area contributed by atoms with Crippen LogP contribution in [0.15, 0.2) is 0 Å². The minimum absolute atomic E-state index is 0. The fraction of sp³-hybridized carbons (Fsp3) is 0. The van der Waals surface area contributed by atoms with E-state index in [1.165, 1.54) is 0 Å². The fourth-order valence-corrected chi connectivity index (χ4v) is 0. The average molecular weight is 104 g/mol. The first-order valence-electron chi connectivity index (χ1n) is 0.309. The molecule has 28 valence electrons. The molecule has 0 saturated heterocycles. The van der Waals surface area contributed by atoms with Gasteiger partial charge in [-0.15, -0.1) is 7.77 Å². The van der Waals surface area contributed by atoms with Gasteiger partial charge in [0.05, 0.1) is 0 Å². The van der Waals surface area contributed by atoms with E-state index in [4.69, 9.17) is 0 Å². The Balaban J connectivity index is 0. The zero-order chi connectivity index (χ0) is 2.71. The molecule has 0 bridgehead atoms. The second-order valence-corrected chi connectivity index (χ2v) is 0.175. The molecule has 0 aliphatic carbocycles. The lowest BCUT2D eigenvalue weighted by Gasteiger charge is -1.36. The molecule has 1 atom stereocenters. The molecule has 4 heteroatoms. The Morgan fingerprint density at radius 3 is 1.25 bits per heavy atom. The normalized spacial score (nSPS) is 4.50. The van der Waals surface area contributed by atoms with Crippen molar-refractivity contribution in [3.05, 3.63) is 0 Å². The van der Waals surface area contributed by atoms with Gasteiger partial charge in [-0.05, 0) is 0 Å². The van der Waals surface area contributed by atoms with E-state index in [1.807, 2.05) is 0 Å². The van der Waals surface area contributed by atoms with Gasteiger partial charge in [-0.25, -0.2) is 0 Å². The Morgan fingerprint density at radius 1 is 1.25 bits per heavy atom. The third-order valence-corrected chi connectivity index (χ3v) is 0. The Bertz CT molecular complexity index is 6.00. The molecule has 0 aliphatic heterocycles. The monoisotopic (exact) mass is 104 g/mol. The zero-order valence-electron chi connectivity index (χ0n) is 1.87. The predicted molar refractivity (Wildman–Crippen MR) is 20.9 cm³/mol. The molecular weight excluding hydrogens is 101 g/mol. The van der Waals surface area contributed by atoms with Crippen LogP contribution in [0.4, 0.5) is 7.77 Å². The zero-order valence-corrected chi connectivity index (χ0v) is 4.10. The van der Waals surface area contributed by atoms with Crippen molar-refractivity contribution in [3.63, 3.8) is 0 Å². The molecule has 0 nitrogen and oxygen atoms in total. The van der Waals surface area contributed by atoms with Crippen LogP contribution in [-0.4, -0.2) is 0 Å². The van der Waals surface area contributed by atoms with Gasteiger partial charge in [0.15, 0.2) is 0 Å². The van der Waals surface area contributed by atoms with Crippen LogP contribution in [0, 0.1) is 0 Å². The summed E-state index contributed by atoms with van der Waals surface area (Å²) in [5.41, 5.74) is 0. The van der Waals surface area contributed by atoms with Gasteiger partial charge < -0.3 is 0 Å². The first-order valence-corrected chi connectivity index (χ1v) is 0.926. The van der Waals surface area contributed by atoms with E-state index in [1.54, 1.807) is 0 Å². The Labute approximate surface area is 31.2 Å². The molecule has 0 fully saturated rings. The molecule has 0 rings (SSSR count). The van der Waals surface area contributed by atoms with Crippen molar-refractivity contribution in [3.8, 4) is 0 Å². The van der Waals surface area contributed by atoms with Crippen molar-refractivity contribution < 1.29 is 7.77 Å². The molecule has 4 heavy (non-hydrogen) atoms. The first kappa shape index (κ1) is 8.82. The highest BCUT2D eigenvalue weighted by atomic mass is 32.2. The van der Waals surface area contributed by atoms with Crippen LogP contribution >= 0.6 is 22.4 Å². The molecular formula is H3F2PS. The Morgan fingerprint density at radius 2 is 1.25 bits per heavy atom. The molecule has 0 N–H and O–H groups in total. The van der Waals surface area contributed by atoms with Gasteiger partial charge in [-0.2, -0.15) is 9.90 Å². The maximum atomic E-state index is 9.54. The van der Waals surface area contributed by atoms with Crippen molar-refractivity contribution in [2.24, 2.45) is 0 Å².